The average Bonchev–Trinajstić information content (AvgIpc) is 2.79. The van der Waals surface area contributed by atoms with E-state index < -0.39 is 0 Å². The molecule has 0 saturated carbocycles. The quantitative estimate of drug-likeness (QED) is 0.582. The van der Waals surface area contributed by atoms with Crippen LogP contribution in [-0.2, 0) is 6.42 Å². The Morgan fingerprint density at radius 1 is 1.03 bits per heavy atom. The summed E-state index contributed by atoms with van der Waals surface area (Å²) in [6, 6.07) is 9.16. The molecule has 1 N–H and O–H groups in total. The SMILES string of the molecule is C=C1CC2(CCNCC2)Cc2cc(C(=C)c3cc(C4=CCCC=C4C)cnc3C)ccc21. The number of aryl methyl sites for hydroxylation is 1. The summed E-state index contributed by atoms with van der Waals surface area (Å²) in [6.45, 7) is 15.5. The molecule has 32 heavy (non-hydrogen) atoms. The van der Waals surface area contributed by atoms with Crippen molar-refractivity contribution in [3.05, 3.63) is 94.9 Å². The van der Waals surface area contributed by atoms with Gasteiger partial charge in [0.1, 0.15) is 0 Å². The molecule has 0 amide bonds. The molecule has 1 spiro atoms. The van der Waals surface area contributed by atoms with Gasteiger partial charge in [-0.2, -0.15) is 0 Å². The molecule has 2 aromatic rings. The Balaban J connectivity index is 1.49. The predicted octanol–water partition coefficient (Wildman–Crippen LogP) is 6.90. The molecule has 0 radical (unpaired) electrons. The molecule has 3 aliphatic rings. The van der Waals surface area contributed by atoms with Crippen molar-refractivity contribution in [1.29, 1.82) is 0 Å². The van der Waals surface area contributed by atoms with E-state index in [0.717, 1.165) is 55.6 Å². The van der Waals surface area contributed by atoms with Gasteiger partial charge in [-0.15, -0.1) is 0 Å². The largest absolute Gasteiger partial charge is 0.317 e. The number of aromatic nitrogens is 1. The number of allylic oxidation sites excluding steroid dienone is 5. The Morgan fingerprint density at radius 2 is 1.81 bits per heavy atom. The van der Waals surface area contributed by atoms with Crippen LogP contribution in [0.3, 0.4) is 0 Å². The summed E-state index contributed by atoms with van der Waals surface area (Å²) in [5.41, 5.74) is 12.8. The number of piperidine rings is 1. The first-order valence-electron chi connectivity index (χ1n) is 12.0. The van der Waals surface area contributed by atoms with Gasteiger partial charge in [-0.1, -0.05) is 43.5 Å². The first kappa shape index (κ1) is 21.2. The average molecular weight is 423 g/mol. The van der Waals surface area contributed by atoms with Crippen LogP contribution in [0, 0.1) is 12.3 Å². The van der Waals surface area contributed by atoms with Crippen LogP contribution in [0.4, 0.5) is 0 Å². The number of hydrogen-bond donors (Lipinski definition) is 1. The van der Waals surface area contributed by atoms with E-state index in [4.69, 9.17) is 4.98 Å². The van der Waals surface area contributed by atoms with E-state index in [1.807, 2.05) is 6.20 Å². The van der Waals surface area contributed by atoms with E-state index in [9.17, 15) is 0 Å². The van der Waals surface area contributed by atoms with Gasteiger partial charge in [0.05, 0.1) is 0 Å². The van der Waals surface area contributed by atoms with Crippen LogP contribution >= 0.6 is 0 Å². The topological polar surface area (TPSA) is 24.9 Å². The van der Waals surface area contributed by atoms with Crippen molar-refractivity contribution >= 4 is 16.7 Å². The number of benzene rings is 1. The van der Waals surface area contributed by atoms with Gasteiger partial charge >= 0.3 is 0 Å². The Kier molecular flexibility index (Phi) is 5.51. The zero-order valence-electron chi connectivity index (χ0n) is 19.6. The van der Waals surface area contributed by atoms with E-state index in [2.05, 4.69) is 68.7 Å². The summed E-state index contributed by atoms with van der Waals surface area (Å²) >= 11 is 0. The number of rotatable bonds is 3. The molecular weight excluding hydrogens is 388 g/mol. The van der Waals surface area contributed by atoms with Crippen molar-refractivity contribution < 1.29 is 0 Å². The minimum absolute atomic E-state index is 0.379. The minimum Gasteiger partial charge on any atom is -0.317 e. The second-order valence-electron chi connectivity index (χ2n) is 10.00. The molecule has 2 heteroatoms. The molecule has 1 aromatic carbocycles. The van der Waals surface area contributed by atoms with Crippen LogP contribution in [0.15, 0.2) is 61.3 Å². The summed E-state index contributed by atoms with van der Waals surface area (Å²) in [7, 11) is 0. The van der Waals surface area contributed by atoms with Gasteiger partial charge in [-0.25, -0.2) is 0 Å². The monoisotopic (exact) mass is 422 g/mol. The Labute approximate surface area is 192 Å². The lowest BCUT2D eigenvalue weighted by molar-refractivity contribution is 0.201. The highest BCUT2D eigenvalue weighted by molar-refractivity contribution is 5.85. The summed E-state index contributed by atoms with van der Waals surface area (Å²) in [4.78, 5) is 4.75. The molecule has 1 fully saturated rings. The van der Waals surface area contributed by atoms with Gasteiger partial charge in [0.2, 0.25) is 0 Å². The lowest BCUT2D eigenvalue weighted by atomic mass is 9.65. The van der Waals surface area contributed by atoms with Crippen LogP contribution in [0.5, 0.6) is 0 Å². The minimum atomic E-state index is 0.379. The number of nitrogens with one attached hydrogen (secondary N) is 1. The first-order valence-corrected chi connectivity index (χ1v) is 12.0. The number of hydrogen-bond acceptors (Lipinski definition) is 2. The molecule has 5 rings (SSSR count). The fourth-order valence-electron chi connectivity index (χ4n) is 5.88. The predicted molar refractivity (Wildman–Crippen MR) is 136 cm³/mol. The number of fused-ring (bicyclic) bond motifs is 1. The Bertz CT molecular complexity index is 1160. The number of pyridine rings is 1. The smallest absolute Gasteiger partial charge is 0.0451 e. The van der Waals surface area contributed by atoms with Crippen LogP contribution in [-0.4, -0.2) is 18.1 Å². The maximum atomic E-state index is 4.75. The summed E-state index contributed by atoms with van der Waals surface area (Å²) in [5.74, 6) is 0. The van der Waals surface area contributed by atoms with Crippen molar-refractivity contribution in [3.63, 3.8) is 0 Å². The molecule has 164 valence electrons. The number of nitrogens with zero attached hydrogens (tertiary/aromatic N) is 1. The van der Waals surface area contributed by atoms with Crippen molar-refractivity contribution in [2.75, 3.05) is 13.1 Å². The van der Waals surface area contributed by atoms with Crippen molar-refractivity contribution in [3.8, 4) is 0 Å². The molecule has 2 nitrogen and oxygen atoms in total. The lowest BCUT2D eigenvalue weighted by Gasteiger charge is -2.42. The van der Waals surface area contributed by atoms with Crippen molar-refractivity contribution in [1.82, 2.24) is 10.3 Å². The van der Waals surface area contributed by atoms with Crippen LogP contribution in [0.2, 0.25) is 0 Å². The lowest BCUT2D eigenvalue weighted by Crippen LogP contribution is -2.40. The van der Waals surface area contributed by atoms with Crippen LogP contribution in [0.25, 0.3) is 16.7 Å². The van der Waals surface area contributed by atoms with Crippen LogP contribution < -0.4 is 5.32 Å². The molecule has 2 heterocycles. The van der Waals surface area contributed by atoms with Crippen molar-refractivity contribution in [2.45, 2.75) is 52.4 Å². The van der Waals surface area contributed by atoms with Gasteiger partial charge in [0, 0.05) is 23.0 Å². The first-order chi connectivity index (χ1) is 15.5. The fourth-order valence-corrected chi connectivity index (χ4v) is 5.88. The van der Waals surface area contributed by atoms with Gasteiger partial charge in [0.25, 0.3) is 0 Å². The second kappa shape index (κ2) is 8.33. The van der Waals surface area contributed by atoms with Gasteiger partial charge in [-0.05, 0) is 116 Å². The molecule has 1 saturated heterocycles. The molecule has 0 unspecified atom stereocenters. The molecular formula is C30H34N2. The van der Waals surface area contributed by atoms with E-state index >= 15 is 0 Å². The Morgan fingerprint density at radius 3 is 2.59 bits per heavy atom. The van der Waals surface area contributed by atoms with Gasteiger partial charge in [-0.3, -0.25) is 4.98 Å². The van der Waals surface area contributed by atoms with E-state index in [1.54, 1.807) is 0 Å². The van der Waals surface area contributed by atoms with E-state index in [0.29, 0.717) is 5.41 Å². The molecule has 0 atom stereocenters. The molecule has 0 bridgehead atoms. The molecule has 1 aliphatic heterocycles. The third kappa shape index (κ3) is 3.82. The standard InChI is InChI=1S/C30H34N2/c1-20-7-5-6-8-27(20)26-16-29(23(4)32-19-26)22(3)24-9-10-28-21(2)17-30(18-25(28)15-24)11-13-31-14-12-30/h7-10,15-16,19,31H,2-3,5-6,11-14,17-18H2,1,4H3. The van der Waals surface area contributed by atoms with E-state index in [-0.39, 0.29) is 0 Å². The van der Waals surface area contributed by atoms with Gasteiger partial charge < -0.3 is 5.32 Å². The summed E-state index contributed by atoms with van der Waals surface area (Å²) in [6.07, 6.45) is 13.7. The van der Waals surface area contributed by atoms with E-state index in [1.165, 1.54) is 51.8 Å². The highest BCUT2D eigenvalue weighted by atomic mass is 14.9. The third-order valence-corrected chi connectivity index (χ3v) is 7.77. The fraction of sp³-hybridized carbons (Fsp3) is 0.367. The van der Waals surface area contributed by atoms with Gasteiger partial charge in [0.15, 0.2) is 0 Å². The maximum absolute atomic E-state index is 4.75. The highest BCUT2D eigenvalue weighted by Crippen LogP contribution is 2.47. The molecule has 1 aromatic heterocycles. The van der Waals surface area contributed by atoms with Crippen LogP contribution in [0.1, 0.15) is 72.5 Å². The molecule has 2 aliphatic carbocycles. The van der Waals surface area contributed by atoms with Crippen molar-refractivity contribution in [2.24, 2.45) is 5.41 Å². The Hall–Kier alpha value is -2.71. The zero-order chi connectivity index (χ0) is 22.3. The normalized spacial score (nSPS) is 19.9. The third-order valence-electron chi connectivity index (χ3n) is 7.77. The summed E-state index contributed by atoms with van der Waals surface area (Å²) in [5, 5.41) is 3.53. The second-order valence-corrected chi connectivity index (χ2v) is 10.00. The zero-order valence-corrected chi connectivity index (χ0v) is 19.6. The highest BCUT2D eigenvalue weighted by Gasteiger charge is 2.37. The summed E-state index contributed by atoms with van der Waals surface area (Å²) < 4.78 is 0. The maximum Gasteiger partial charge on any atom is 0.0451 e.